The van der Waals surface area contributed by atoms with Gasteiger partial charge in [0, 0.05) is 36.2 Å². The van der Waals surface area contributed by atoms with E-state index in [1.54, 1.807) is 12.1 Å². The minimum atomic E-state index is -0.348. The predicted octanol–water partition coefficient (Wildman–Crippen LogP) is 5.12. The lowest BCUT2D eigenvalue weighted by atomic mass is 9.82. The molecule has 0 atom stereocenters. The van der Waals surface area contributed by atoms with Gasteiger partial charge in [-0.1, -0.05) is 40.2 Å². The molecule has 150 valence electrons. The minimum absolute atomic E-state index is 0.141. The Morgan fingerprint density at radius 2 is 1.64 bits per heavy atom. The predicted molar refractivity (Wildman–Crippen MR) is 116 cm³/mol. The van der Waals surface area contributed by atoms with Gasteiger partial charge in [0.25, 0.3) is 5.69 Å². The van der Waals surface area contributed by atoms with Gasteiger partial charge in [0.05, 0.1) is 4.92 Å². The summed E-state index contributed by atoms with van der Waals surface area (Å²) in [5, 5.41) is 10.9. The number of hydrogen-bond acceptors (Lipinski definition) is 4. The van der Waals surface area contributed by atoms with Crippen molar-refractivity contribution in [2.24, 2.45) is 17.6 Å². The SMILES string of the molecule is NCC1CCC(CN(Cc2ccc([N+](=O)[O-])cc2)Cc2cccc(Br)c2)CC1. The van der Waals surface area contributed by atoms with Crippen molar-refractivity contribution in [2.75, 3.05) is 13.1 Å². The summed E-state index contributed by atoms with van der Waals surface area (Å²) >= 11 is 3.56. The summed E-state index contributed by atoms with van der Waals surface area (Å²) in [6.45, 7) is 3.51. The van der Waals surface area contributed by atoms with E-state index in [0.717, 1.165) is 36.2 Å². The molecule has 0 bridgehead atoms. The normalized spacial score (nSPS) is 19.7. The molecule has 5 nitrogen and oxygen atoms in total. The number of non-ortho nitro benzene ring substituents is 1. The third-order valence-electron chi connectivity index (χ3n) is 5.66. The molecule has 1 aliphatic rings. The van der Waals surface area contributed by atoms with Crippen LogP contribution in [0.25, 0.3) is 0 Å². The molecule has 0 aromatic heterocycles. The Bertz CT molecular complexity index is 774. The molecular formula is C22H28BrN3O2. The molecular weight excluding hydrogens is 418 g/mol. The summed E-state index contributed by atoms with van der Waals surface area (Å²) < 4.78 is 1.09. The van der Waals surface area contributed by atoms with Crippen molar-refractivity contribution < 1.29 is 4.92 Å². The Hall–Kier alpha value is -1.76. The maximum Gasteiger partial charge on any atom is 0.269 e. The molecule has 2 aromatic rings. The van der Waals surface area contributed by atoms with E-state index in [2.05, 4.69) is 39.0 Å². The lowest BCUT2D eigenvalue weighted by Gasteiger charge is -2.32. The number of nitro groups is 1. The summed E-state index contributed by atoms with van der Waals surface area (Å²) in [4.78, 5) is 13.0. The molecule has 0 spiro atoms. The zero-order chi connectivity index (χ0) is 19.9. The van der Waals surface area contributed by atoms with Gasteiger partial charge in [0.2, 0.25) is 0 Å². The number of rotatable bonds is 8. The fourth-order valence-electron chi connectivity index (χ4n) is 4.07. The topological polar surface area (TPSA) is 72.4 Å². The fraction of sp³-hybridized carbons (Fsp3) is 0.455. The zero-order valence-electron chi connectivity index (χ0n) is 16.1. The molecule has 2 N–H and O–H groups in total. The van der Waals surface area contributed by atoms with Crippen LogP contribution in [0.3, 0.4) is 0 Å². The van der Waals surface area contributed by atoms with Crippen LogP contribution in [0.15, 0.2) is 53.0 Å². The van der Waals surface area contributed by atoms with Crippen LogP contribution < -0.4 is 5.73 Å². The van der Waals surface area contributed by atoms with Crippen LogP contribution in [0, 0.1) is 22.0 Å². The van der Waals surface area contributed by atoms with E-state index >= 15 is 0 Å². The van der Waals surface area contributed by atoms with Gasteiger partial charge in [0.1, 0.15) is 0 Å². The highest BCUT2D eigenvalue weighted by Gasteiger charge is 2.22. The number of nitrogens with zero attached hydrogens (tertiary/aromatic N) is 2. The average Bonchev–Trinajstić information content (AvgIpc) is 2.69. The lowest BCUT2D eigenvalue weighted by Crippen LogP contribution is -2.32. The van der Waals surface area contributed by atoms with Crippen LogP contribution in [0.2, 0.25) is 0 Å². The van der Waals surface area contributed by atoms with Gasteiger partial charge in [-0.3, -0.25) is 15.0 Å². The first-order valence-corrected chi connectivity index (χ1v) is 10.7. The van der Waals surface area contributed by atoms with Gasteiger partial charge >= 0.3 is 0 Å². The summed E-state index contributed by atoms with van der Waals surface area (Å²) in [6, 6.07) is 15.4. The van der Waals surface area contributed by atoms with E-state index in [-0.39, 0.29) is 10.6 Å². The Morgan fingerprint density at radius 1 is 1.00 bits per heavy atom. The lowest BCUT2D eigenvalue weighted by molar-refractivity contribution is -0.384. The minimum Gasteiger partial charge on any atom is -0.330 e. The maximum absolute atomic E-state index is 10.9. The zero-order valence-corrected chi connectivity index (χ0v) is 17.7. The van der Waals surface area contributed by atoms with E-state index in [1.807, 2.05) is 18.2 Å². The second-order valence-corrected chi connectivity index (χ2v) is 8.76. The first kappa shape index (κ1) is 21.0. The molecule has 0 saturated heterocycles. The molecule has 3 rings (SSSR count). The molecule has 0 aliphatic heterocycles. The number of nitrogens with two attached hydrogens (primary N) is 1. The monoisotopic (exact) mass is 445 g/mol. The number of hydrogen-bond donors (Lipinski definition) is 1. The van der Waals surface area contributed by atoms with Crippen molar-refractivity contribution in [2.45, 2.75) is 38.8 Å². The molecule has 1 aliphatic carbocycles. The molecule has 0 radical (unpaired) electrons. The maximum atomic E-state index is 10.9. The van der Waals surface area contributed by atoms with Crippen molar-refractivity contribution in [1.29, 1.82) is 0 Å². The molecule has 1 saturated carbocycles. The summed E-state index contributed by atoms with van der Waals surface area (Å²) in [7, 11) is 0. The van der Waals surface area contributed by atoms with Gasteiger partial charge in [-0.05, 0) is 67.3 Å². The third kappa shape index (κ3) is 6.12. The van der Waals surface area contributed by atoms with Crippen LogP contribution >= 0.6 is 15.9 Å². The van der Waals surface area contributed by atoms with Crippen molar-refractivity contribution in [3.8, 4) is 0 Å². The Kier molecular flexibility index (Phi) is 7.59. The number of nitro benzene ring substituents is 1. The van der Waals surface area contributed by atoms with Crippen LogP contribution in [0.5, 0.6) is 0 Å². The molecule has 6 heteroatoms. The largest absolute Gasteiger partial charge is 0.330 e. The van der Waals surface area contributed by atoms with Crippen molar-refractivity contribution in [3.63, 3.8) is 0 Å². The van der Waals surface area contributed by atoms with Crippen LogP contribution in [-0.2, 0) is 13.1 Å². The standard InChI is InChI=1S/C22H28BrN3O2/c23-21-3-1-2-20(12-21)16-25(14-18-6-4-17(13-24)5-7-18)15-19-8-10-22(11-9-19)26(27)28/h1-3,8-12,17-18H,4-7,13-16,24H2. The van der Waals surface area contributed by atoms with Gasteiger partial charge < -0.3 is 5.73 Å². The number of benzene rings is 2. The molecule has 0 heterocycles. The second kappa shape index (κ2) is 10.1. The third-order valence-corrected chi connectivity index (χ3v) is 6.16. The molecule has 2 aromatic carbocycles. The summed E-state index contributed by atoms with van der Waals surface area (Å²) in [6.07, 6.45) is 4.92. The molecule has 0 amide bonds. The first-order valence-electron chi connectivity index (χ1n) is 9.93. The smallest absolute Gasteiger partial charge is 0.269 e. The van der Waals surface area contributed by atoms with E-state index in [0.29, 0.717) is 11.8 Å². The average molecular weight is 446 g/mol. The highest BCUT2D eigenvalue weighted by atomic mass is 79.9. The Morgan fingerprint density at radius 3 is 2.25 bits per heavy atom. The molecule has 1 fully saturated rings. The van der Waals surface area contributed by atoms with Gasteiger partial charge in [0.15, 0.2) is 0 Å². The first-order chi connectivity index (χ1) is 13.5. The van der Waals surface area contributed by atoms with E-state index in [1.165, 1.54) is 31.2 Å². The van der Waals surface area contributed by atoms with Crippen LogP contribution in [-0.4, -0.2) is 22.9 Å². The van der Waals surface area contributed by atoms with Gasteiger partial charge in [-0.2, -0.15) is 0 Å². The van der Waals surface area contributed by atoms with E-state index in [4.69, 9.17) is 5.73 Å². The Balaban J connectivity index is 1.69. The molecule has 28 heavy (non-hydrogen) atoms. The van der Waals surface area contributed by atoms with Gasteiger partial charge in [-0.25, -0.2) is 0 Å². The van der Waals surface area contributed by atoms with Crippen molar-refractivity contribution in [1.82, 2.24) is 4.90 Å². The van der Waals surface area contributed by atoms with Crippen molar-refractivity contribution >= 4 is 21.6 Å². The highest BCUT2D eigenvalue weighted by Crippen LogP contribution is 2.29. The number of halogens is 1. The summed E-state index contributed by atoms with van der Waals surface area (Å²) in [5.74, 6) is 1.37. The van der Waals surface area contributed by atoms with Crippen LogP contribution in [0.4, 0.5) is 5.69 Å². The van der Waals surface area contributed by atoms with E-state index in [9.17, 15) is 10.1 Å². The van der Waals surface area contributed by atoms with Gasteiger partial charge in [-0.15, -0.1) is 0 Å². The van der Waals surface area contributed by atoms with Crippen molar-refractivity contribution in [3.05, 3.63) is 74.2 Å². The second-order valence-electron chi connectivity index (χ2n) is 7.85. The molecule has 0 unspecified atom stereocenters. The van der Waals surface area contributed by atoms with Crippen LogP contribution in [0.1, 0.15) is 36.8 Å². The quantitative estimate of drug-likeness (QED) is 0.451. The fourth-order valence-corrected chi connectivity index (χ4v) is 4.52. The highest BCUT2D eigenvalue weighted by molar-refractivity contribution is 9.10. The Labute approximate surface area is 175 Å². The van der Waals surface area contributed by atoms with E-state index < -0.39 is 0 Å². The summed E-state index contributed by atoms with van der Waals surface area (Å²) in [5.41, 5.74) is 8.36.